The third-order valence-electron chi connectivity index (χ3n) is 4.32. The molecule has 3 aromatic heterocycles. The number of nitrogens with one attached hydrogen (secondary N) is 1. The van der Waals surface area contributed by atoms with Crippen molar-refractivity contribution in [3.05, 3.63) is 77.1 Å². The Morgan fingerprint density at radius 1 is 1.14 bits per heavy atom. The molecule has 2 amide bonds. The molecule has 0 saturated heterocycles. The largest absolute Gasteiger partial charge is 0.347 e. The van der Waals surface area contributed by atoms with E-state index >= 15 is 0 Å². The molecule has 4 aromatic rings. The third-order valence-corrected chi connectivity index (χ3v) is 5.41. The molecule has 0 fully saturated rings. The van der Waals surface area contributed by atoms with Gasteiger partial charge in [-0.1, -0.05) is 30.3 Å². The first kappa shape index (κ1) is 17.9. The van der Waals surface area contributed by atoms with Crippen molar-refractivity contribution in [2.75, 3.05) is 0 Å². The van der Waals surface area contributed by atoms with Crippen LogP contribution in [0.25, 0.3) is 20.7 Å². The second kappa shape index (κ2) is 7.24. The maximum atomic E-state index is 12.7. The van der Waals surface area contributed by atoms with Crippen molar-refractivity contribution in [1.82, 2.24) is 19.4 Å². The SMILES string of the molecule is Cn1cccc1C(=O)NC(=O)Cn1cnc2sc(-c3ccccc3)cc2c1=O. The Morgan fingerprint density at radius 3 is 2.64 bits per heavy atom. The monoisotopic (exact) mass is 392 g/mol. The highest BCUT2D eigenvalue weighted by atomic mass is 32.1. The van der Waals surface area contributed by atoms with Gasteiger partial charge in [0.15, 0.2) is 0 Å². The number of hydrogen-bond acceptors (Lipinski definition) is 5. The molecule has 0 aliphatic heterocycles. The zero-order valence-corrected chi connectivity index (χ0v) is 15.8. The Hall–Kier alpha value is -3.52. The van der Waals surface area contributed by atoms with E-state index in [1.165, 1.54) is 22.2 Å². The highest BCUT2D eigenvalue weighted by molar-refractivity contribution is 7.21. The van der Waals surface area contributed by atoms with Crippen molar-refractivity contribution in [3.63, 3.8) is 0 Å². The van der Waals surface area contributed by atoms with E-state index in [9.17, 15) is 14.4 Å². The molecule has 4 rings (SSSR count). The fraction of sp³-hybridized carbons (Fsp3) is 0.100. The van der Waals surface area contributed by atoms with E-state index in [2.05, 4.69) is 10.3 Å². The van der Waals surface area contributed by atoms with Crippen molar-refractivity contribution in [2.45, 2.75) is 6.54 Å². The van der Waals surface area contributed by atoms with Crippen LogP contribution >= 0.6 is 11.3 Å². The van der Waals surface area contributed by atoms with E-state index < -0.39 is 11.8 Å². The quantitative estimate of drug-likeness (QED) is 0.578. The average molecular weight is 392 g/mol. The molecule has 0 atom stereocenters. The van der Waals surface area contributed by atoms with Gasteiger partial charge in [0.25, 0.3) is 11.5 Å². The van der Waals surface area contributed by atoms with Crippen molar-refractivity contribution >= 4 is 33.4 Å². The number of benzene rings is 1. The lowest BCUT2D eigenvalue weighted by Gasteiger charge is -2.07. The van der Waals surface area contributed by atoms with Crippen LogP contribution in [-0.2, 0) is 18.4 Å². The molecule has 3 heterocycles. The summed E-state index contributed by atoms with van der Waals surface area (Å²) in [5.41, 5.74) is 1.05. The summed E-state index contributed by atoms with van der Waals surface area (Å²) in [5.74, 6) is -1.09. The van der Waals surface area contributed by atoms with Gasteiger partial charge in [-0.15, -0.1) is 11.3 Å². The molecule has 0 spiro atoms. The van der Waals surface area contributed by atoms with Gasteiger partial charge in [-0.05, 0) is 23.8 Å². The lowest BCUT2D eigenvalue weighted by Crippen LogP contribution is -2.36. The number of aryl methyl sites for hydroxylation is 1. The summed E-state index contributed by atoms with van der Waals surface area (Å²) in [6.07, 6.45) is 3.05. The number of nitrogens with zero attached hydrogens (tertiary/aromatic N) is 3. The van der Waals surface area contributed by atoms with Crippen LogP contribution in [0.1, 0.15) is 10.5 Å². The predicted molar refractivity (Wildman–Crippen MR) is 107 cm³/mol. The number of rotatable bonds is 4. The highest BCUT2D eigenvalue weighted by Crippen LogP contribution is 2.30. The van der Waals surface area contributed by atoms with Crippen LogP contribution in [0.5, 0.6) is 0 Å². The zero-order chi connectivity index (χ0) is 19.7. The van der Waals surface area contributed by atoms with Gasteiger partial charge in [0.2, 0.25) is 5.91 Å². The third kappa shape index (κ3) is 3.37. The summed E-state index contributed by atoms with van der Waals surface area (Å²) in [7, 11) is 1.71. The molecular weight excluding hydrogens is 376 g/mol. The number of fused-ring (bicyclic) bond motifs is 1. The second-order valence-electron chi connectivity index (χ2n) is 6.25. The minimum absolute atomic E-state index is 0.283. The van der Waals surface area contributed by atoms with Crippen molar-refractivity contribution in [2.24, 2.45) is 7.05 Å². The van der Waals surface area contributed by atoms with Gasteiger partial charge in [0, 0.05) is 18.1 Å². The molecule has 140 valence electrons. The Labute approximate surface area is 163 Å². The lowest BCUT2D eigenvalue weighted by atomic mass is 10.2. The topological polar surface area (TPSA) is 86.0 Å². The van der Waals surface area contributed by atoms with Gasteiger partial charge in [0.1, 0.15) is 17.1 Å². The smallest absolute Gasteiger partial charge is 0.274 e. The number of hydrogen-bond donors (Lipinski definition) is 1. The second-order valence-corrected chi connectivity index (χ2v) is 7.29. The zero-order valence-electron chi connectivity index (χ0n) is 15.0. The number of thiophene rings is 1. The fourth-order valence-corrected chi connectivity index (χ4v) is 3.89. The Bertz CT molecular complexity index is 1240. The van der Waals surface area contributed by atoms with Crippen LogP contribution in [0, 0.1) is 0 Å². The molecule has 28 heavy (non-hydrogen) atoms. The van der Waals surface area contributed by atoms with Crippen LogP contribution in [0.4, 0.5) is 0 Å². The molecule has 0 aliphatic rings. The molecule has 0 radical (unpaired) electrons. The minimum atomic E-state index is -0.576. The van der Waals surface area contributed by atoms with Gasteiger partial charge in [0.05, 0.1) is 11.7 Å². The minimum Gasteiger partial charge on any atom is -0.347 e. The van der Waals surface area contributed by atoms with E-state index in [-0.39, 0.29) is 12.1 Å². The summed E-state index contributed by atoms with van der Waals surface area (Å²) < 4.78 is 2.82. The molecular formula is C20H16N4O3S. The summed E-state index contributed by atoms with van der Waals surface area (Å²) in [6, 6.07) is 14.8. The normalized spacial score (nSPS) is 10.9. The van der Waals surface area contributed by atoms with Crippen LogP contribution in [-0.4, -0.2) is 25.9 Å². The van der Waals surface area contributed by atoms with E-state index in [0.29, 0.717) is 15.9 Å². The predicted octanol–water partition coefficient (Wildman–Crippen LogP) is 2.42. The molecule has 0 saturated carbocycles. The first-order valence-electron chi connectivity index (χ1n) is 8.53. The molecule has 0 aliphatic carbocycles. The first-order chi connectivity index (χ1) is 13.5. The summed E-state index contributed by atoms with van der Waals surface area (Å²) in [6.45, 7) is -0.283. The Kier molecular flexibility index (Phi) is 4.62. The van der Waals surface area contributed by atoms with Gasteiger partial charge in [-0.25, -0.2) is 4.98 Å². The number of carbonyl (C=O) groups is 2. The van der Waals surface area contributed by atoms with E-state index in [1.54, 1.807) is 36.0 Å². The Morgan fingerprint density at radius 2 is 1.93 bits per heavy atom. The Balaban J connectivity index is 1.57. The van der Waals surface area contributed by atoms with Crippen LogP contribution in [0.15, 0.2) is 65.8 Å². The van der Waals surface area contributed by atoms with Crippen LogP contribution < -0.4 is 10.9 Å². The van der Waals surface area contributed by atoms with Crippen molar-refractivity contribution in [3.8, 4) is 10.4 Å². The summed E-state index contributed by atoms with van der Waals surface area (Å²) in [4.78, 5) is 42.9. The molecule has 0 unspecified atom stereocenters. The fourth-order valence-electron chi connectivity index (χ4n) is 2.90. The summed E-state index contributed by atoms with van der Waals surface area (Å²) >= 11 is 1.42. The van der Waals surface area contributed by atoms with Crippen molar-refractivity contribution in [1.29, 1.82) is 0 Å². The number of aromatic nitrogens is 3. The molecule has 0 bridgehead atoms. The maximum Gasteiger partial charge on any atom is 0.274 e. The van der Waals surface area contributed by atoms with Crippen molar-refractivity contribution < 1.29 is 9.59 Å². The van der Waals surface area contributed by atoms with Gasteiger partial charge < -0.3 is 4.57 Å². The van der Waals surface area contributed by atoms with Crippen LogP contribution in [0.2, 0.25) is 0 Å². The molecule has 7 nitrogen and oxygen atoms in total. The number of imide groups is 1. The van der Waals surface area contributed by atoms with E-state index in [1.807, 2.05) is 30.3 Å². The number of carbonyl (C=O) groups excluding carboxylic acids is 2. The lowest BCUT2D eigenvalue weighted by molar-refractivity contribution is -0.120. The molecule has 1 aromatic carbocycles. The molecule has 1 N–H and O–H groups in total. The van der Waals surface area contributed by atoms with E-state index in [0.717, 1.165) is 10.4 Å². The first-order valence-corrected chi connectivity index (χ1v) is 9.34. The van der Waals surface area contributed by atoms with E-state index in [4.69, 9.17) is 0 Å². The maximum absolute atomic E-state index is 12.7. The highest BCUT2D eigenvalue weighted by Gasteiger charge is 2.15. The van der Waals surface area contributed by atoms with Crippen LogP contribution in [0.3, 0.4) is 0 Å². The van der Waals surface area contributed by atoms with Gasteiger partial charge in [-0.3, -0.25) is 24.3 Å². The standard InChI is InChI=1S/C20H16N4O3S/c1-23-9-5-8-15(23)18(26)22-17(25)11-24-12-21-19-14(20(24)27)10-16(28-19)13-6-3-2-4-7-13/h2-10,12H,11H2,1H3,(H,22,25,26). The van der Waals surface area contributed by atoms with Gasteiger partial charge in [-0.2, -0.15) is 0 Å². The van der Waals surface area contributed by atoms with Gasteiger partial charge >= 0.3 is 0 Å². The molecule has 8 heteroatoms. The number of amides is 2. The average Bonchev–Trinajstić information content (AvgIpc) is 3.31. The summed E-state index contributed by atoms with van der Waals surface area (Å²) in [5, 5.41) is 2.75.